The van der Waals surface area contributed by atoms with Gasteiger partial charge in [0.25, 0.3) is 0 Å². The van der Waals surface area contributed by atoms with Crippen LogP contribution in [0.25, 0.3) is 0 Å². The summed E-state index contributed by atoms with van der Waals surface area (Å²) in [5.41, 5.74) is 2.20. The molecule has 6 heteroatoms. The van der Waals surface area contributed by atoms with E-state index in [0.717, 1.165) is 43.1 Å². The van der Waals surface area contributed by atoms with Gasteiger partial charge in [0.2, 0.25) is 0 Å². The number of nitrogens with one attached hydrogen (secondary N) is 2. The minimum atomic E-state index is 0.422. The lowest BCUT2D eigenvalue weighted by molar-refractivity contribution is 0.210. The third kappa shape index (κ3) is 2.83. The first kappa shape index (κ1) is 12.1. The molecule has 0 saturated carbocycles. The van der Waals surface area contributed by atoms with Crippen LogP contribution in [0.4, 0.5) is 5.82 Å². The molecule has 0 unspecified atom stereocenters. The average molecular weight is 238 g/mol. The van der Waals surface area contributed by atoms with Gasteiger partial charge in [-0.2, -0.15) is 9.97 Å². The molecule has 1 aliphatic heterocycles. The summed E-state index contributed by atoms with van der Waals surface area (Å²) in [6.45, 7) is 3.12. The van der Waals surface area contributed by atoms with Crippen molar-refractivity contribution < 1.29 is 9.47 Å². The Hall–Kier alpha value is -1.40. The van der Waals surface area contributed by atoms with Crippen LogP contribution >= 0.6 is 0 Å². The summed E-state index contributed by atoms with van der Waals surface area (Å²) >= 11 is 0. The molecule has 0 aliphatic carbocycles. The van der Waals surface area contributed by atoms with E-state index in [0.29, 0.717) is 12.6 Å². The van der Waals surface area contributed by atoms with Crippen molar-refractivity contribution in [1.29, 1.82) is 0 Å². The second-order valence-corrected chi connectivity index (χ2v) is 3.83. The highest BCUT2D eigenvalue weighted by atomic mass is 16.5. The highest BCUT2D eigenvalue weighted by Gasteiger charge is 2.17. The molecule has 0 radical (unpaired) electrons. The monoisotopic (exact) mass is 238 g/mol. The zero-order chi connectivity index (χ0) is 12.1. The van der Waals surface area contributed by atoms with Gasteiger partial charge in [-0.3, -0.25) is 0 Å². The number of aromatic nitrogens is 2. The lowest BCUT2D eigenvalue weighted by Crippen LogP contribution is -2.27. The van der Waals surface area contributed by atoms with Crippen molar-refractivity contribution in [3.63, 3.8) is 0 Å². The number of anilines is 1. The lowest BCUT2D eigenvalue weighted by Gasteiger charge is -2.20. The van der Waals surface area contributed by atoms with Crippen LogP contribution in [-0.4, -0.2) is 43.9 Å². The van der Waals surface area contributed by atoms with Crippen LogP contribution in [0.1, 0.15) is 11.3 Å². The van der Waals surface area contributed by atoms with Crippen LogP contribution in [0.2, 0.25) is 0 Å². The topological polar surface area (TPSA) is 68.3 Å². The number of ether oxygens (including phenoxy) is 2. The molecule has 1 aliphatic rings. The quantitative estimate of drug-likeness (QED) is 0.714. The summed E-state index contributed by atoms with van der Waals surface area (Å²) < 4.78 is 10.1. The molecule has 6 nitrogen and oxygen atoms in total. The molecule has 0 amide bonds. The summed E-state index contributed by atoms with van der Waals surface area (Å²) in [7, 11) is 3.26. The van der Waals surface area contributed by atoms with Crippen LogP contribution in [-0.2, 0) is 17.7 Å². The van der Waals surface area contributed by atoms with Crippen molar-refractivity contribution in [3.8, 4) is 6.01 Å². The largest absolute Gasteiger partial charge is 0.467 e. The van der Waals surface area contributed by atoms with Gasteiger partial charge in [-0.05, 0) is 0 Å². The van der Waals surface area contributed by atoms with E-state index < -0.39 is 0 Å². The van der Waals surface area contributed by atoms with Crippen LogP contribution in [0, 0.1) is 0 Å². The highest BCUT2D eigenvalue weighted by molar-refractivity contribution is 5.48. The van der Waals surface area contributed by atoms with Crippen LogP contribution < -0.4 is 15.4 Å². The predicted octanol–water partition coefficient (Wildman–Crippen LogP) is 0.189. The SMILES string of the molecule is COCCNc1nc(OC)nc2c1CNCC2. The molecule has 1 aromatic rings. The lowest BCUT2D eigenvalue weighted by atomic mass is 10.1. The molecule has 2 N–H and O–H groups in total. The Morgan fingerprint density at radius 3 is 3.00 bits per heavy atom. The molecule has 1 aromatic heterocycles. The summed E-state index contributed by atoms with van der Waals surface area (Å²) in [5, 5.41) is 6.57. The molecule has 0 saturated heterocycles. The number of methoxy groups -OCH3 is 2. The number of fused-ring (bicyclic) bond motifs is 1. The summed E-state index contributed by atoms with van der Waals surface area (Å²) in [6, 6.07) is 0.422. The standard InChI is InChI=1S/C11H18N4O2/c1-16-6-5-13-10-8-7-12-4-3-9(8)14-11(15-10)17-2/h12H,3-7H2,1-2H3,(H,13,14,15). The van der Waals surface area contributed by atoms with Gasteiger partial charge in [-0.15, -0.1) is 0 Å². The van der Waals surface area contributed by atoms with Gasteiger partial charge in [-0.25, -0.2) is 0 Å². The zero-order valence-corrected chi connectivity index (χ0v) is 10.2. The zero-order valence-electron chi connectivity index (χ0n) is 10.2. The smallest absolute Gasteiger partial charge is 0.318 e. The maximum atomic E-state index is 5.11. The van der Waals surface area contributed by atoms with Gasteiger partial charge < -0.3 is 20.1 Å². The summed E-state index contributed by atoms with van der Waals surface area (Å²) in [4.78, 5) is 8.71. The van der Waals surface area contributed by atoms with E-state index in [9.17, 15) is 0 Å². The Balaban J connectivity index is 2.21. The second kappa shape index (κ2) is 5.79. The molecular weight excluding hydrogens is 220 g/mol. The first-order valence-corrected chi connectivity index (χ1v) is 5.72. The molecule has 0 fully saturated rings. The normalized spacial score (nSPS) is 14.2. The first-order valence-electron chi connectivity index (χ1n) is 5.72. The van der Waals surface area contributed by atoms with Crippen molar-refractivity contribution in [2.45, 2.75) is 13.0 Å². The molecular formula is C11H18N4O2. The van der Waals surface area contributed by atoms with E-state index in [2.05, 4.69) is 20.6 Å². The Morgan fingerprint density at radius 1 is 1.35 bits per heavy atom. The number of hydrogen-bond donors (Lipinski definition) is 2. The Bertz CT molecular complexity index is 384. The fourth-order valence-corrected chi connectivity index (χ4v) is 1.83. The molecule has 0 bridgehead atoms. The number of nitrogens with zero attached hydrogens (tertiary/aromatic N) is 2. The van der Waals surface area contributed by atoms with E-state index in [4.69, 9.17) is 9.47 Å². The molecule has 0 aromatic carbocycles. The van der Waals surface area contributed by atoms with Crippen LogP contribution in [0.5, 0.6) is 6.01 Å². The van der Waals surface area contributed by atoms with Gasteiger partial charge in [0.15, 0.2) is 0 Å². The highest BCUT2D eigenvalue weighted by Crippen LogP contribution is 2.22. The van der Waals surface area contributed by atoms with Gasteiger partial charge in [-0.1, -0.05) is 0 Å². The second-order valence-electron chi connectivity index (χ2n) is 3.83. The molecule has 17 heavy (non-hydrogen) atoms. The maximum absolute atomic E-state index is 5.11. The predicted molar refractivity (Wildman–Crippen MR) is 64.4 cm³/mol. The fourth-order valence-electron chi connectivity index (χ4n) is 1.83. The minimum Gasteiger partial charge on any atom is -0.467 e. The van der Waals surface area contributed by atoms with Crippen molar-refractivity contribution in [1.82, 2.24) is 15.3 Å². The van der Waals surface area contributed by atoms with Crippen LogP contribution in [0.15, 0.2) is 0 Å². The number of rotatable bonds is 5. The summed E-state index contributed by atoms with van der Waals surface area (Å²) in [5.74, 6) is 0.844. The van der Waals surface area contributed by atoms with E-state index >= 15 is 0 Å². The third-order valence-corrected chi connectivity index (χ3v) is 2.69. The first-order chi connectivity index (χ1) is 8.35. The van der Waals surface area contributed by atoms with E-state index in [1.54, 1.807) is 14.2 Å². The van der Waals surface area contributed by atoms with E-state index in [-0.39, 0.29) is 0 Å². The Kier molecular flexibility index (Phi) is 4.11. The number of hydrogen-bond acceptors (Lipinski definition) is 6. The van der Waals surface area contributed by atoms with Gasteiger partial charge in [0, 0.05) is 38.7 Å². The minimum absolute atomic E-state index is 0.422. The fraction of sp³-hybridized carbons (Fsp3) is 0.636. The van der Waals surface area contributed by atoms with Crippen molar-refractivity contribution >= 4 is 5.82 Å². The Labute approximate surface area is 101 Å². The average Bonchev–Trinajstić information content (AvgIpc) is 2.38. The van der Waals surface area contributed by atoms with Crippen LogP contribution in [0.3, 0.4) is 0 Å². The third-order valence-electron chi connectivity index (χ3n) is 2.69. The van der Waals surface area contributed by atoms with Gasteiger partial charge in [0.05, 0.1) is 19.4 Å². The molecule has 94 valence electrons. The summed E-state index contributed by atoms with van der Waals surface area (Å²) in [6.07, 6.45) is 0.910. The molecule has 2 heterocycles. The van der Waals surface area contributed by atoms with E-state index in [1.807, 2.05) is 0 Å². The van der Waals surface area contributed by atoms with E-state index in [1.165, 1.54) is 0 Å². The van der Waals surface area contributed by atoms with Gasteiger partial charge >= 0.3 is 6.01 Å². The van der Waals surface area contributed by atoms with Crippen molar-refractivity contribution in [2.24, 2.45) is 0 Å². The van der Waals surface area contributed by atoms with Crippen molar-refractivity contribution in [2.75, 3.05) is 39.2 Å². The Morgan fingerprint density at radius 2 is 2.24 bits per heavy atom. The van der Waals surface area contributed by atoms with Crippen molar-refractivity contribution in [3.05, 3.63) is 11.3 Å². The van der Waals surface area contributed by atoms with Gasteiger partial charge in [0.1, 0.15) is 5.82 Å². The molecule has 2 rings (SSSR count). The molecule has 0 spiro atoms. The maximum Gasteiger partial charge on any atom is 0.318 e. The molecule has 0 atom stereocenters.